The molecule has 4 nitrogen and oxygen atoms in total. The summed E-state index contributed by atoms with van der Waals surface area (Å²) in [4.78, 5) is 2.33. The molecule has 5 heteroatoms. The van der Waals surface area contributed by atoms with Crippen molar-refractivity contribution in [2.24, 2.45) is 0 Å². The molecule has 0 aromatic heterocycles. The molecule has 2 N–H and O–H groups in total. The number of rotatable bonds is 4. The summed E-state index contributed by atoms with van der Waals surface area (Å²) >= 11 is 5.49. The molecule has 1 fully saturated rings. The molecular weight excluding hydrogens is 318 g/mol. The van der Waals surface area contributed by atoms with Gasteiger partial charge in [-0.1, -0.05) is 31.2 Å². The first kappa shape index (κ1) is 16.7. The van der Waals surface area contributed by atoms with Crippen molar-refractivity contribution in [2.75, 3.05) is 41.8 Å². The van der Waals surface area contributed by atoms with E-state index in [1.165, 1.54) is 5.56 Å². The van der Waals surface area contributed by atoms with E-state index in [0.717, 1.165) is 49.8 Å². The van der Waals surface area contributed by atoms with Crippen molar-refractivity contribution >= 4 is 34.4 Å². The summed E-state index contributed by atoms with van der Waals surface area (Å²) in [6, 6.07) is 16.6. The second kappa shape index (κ2) is 8.13. The minimum Gasteiger partial charge on any atom is -0.378 e. The number of nitrogens with zero attached hydrogens (tertiary/aromatic N) is 1. The average molecular weight is 341 g/mol. The van der Waals surface area contributed by atoms with Crippen molar-refractivity contribution < 1.29 is 4.74 Å². The molecule has 0 saturated carbocycles. The first-order valence-electron chi connectivity index (χ1n) is 8.35. The fourth-order valence-electron chi connectivity index (χ4n) is 2.81. The minimum absolute atomic E-state index is 0.601. The van der Waals surface area contributed by atoms with Gasteiger partial charge in [-0.3, -0.25) is 0 Å². The summed E-state index contributed by atoms with van der Waals surface area (Å²) in [5, 5.41) is 7.20. The third-order valence-corrected chi connectivity index (χ3v) is 4.30. The molecule has 1 aliphatic heterocycles. The van der Waals surface area contributed by atoms with Crippen molar-refractivity contribution in [3.8, 4) is 0 Å². The average Bonchev–Trinajstić information content (AvgIpc) is 2.63. The number of benzene rings is 2. The SMILES string of the molecule is CCc1cccc(NC(=S)Nc2ccccc2N2CCOCC2)c1. The smallest absolute Gasteiger partial charge is 0.175 e. The fraction of sp³-hybridized carbons (Fsp3) is 0.316. The molecule has 0 spiro atoms. The van der Waals surface area contributed by atoms with Gasteiger partial charge in [0.05, 0.1) is 24.6 Å². The van der Waals surface area contributed by atoms with Gasteiger partial charge in [0.15, 0.2) is 5.11 Å². The predicted octanol–water partition coefficient (Wildman–Crippen LogP) is 3.89. The highest BCUT2D eigenvalue weighted by Crippen LogP contribution is 2.26. The van der Waals surface area contributed by atoms with E-state index in [0.29, 0.717) is 5.11 Å². The summed E-state index contributed by atoms with van der Waals surface area (Å²) in [6.45, 7) is 5.48. The zero-order valence-electron chi connectivity index (χ0n) is 13.9. The summed E-state index contributed by atoms with van der Waals surface area (Å²) in [5.41, 5.74) is 4.48. The second-order valence-corrected chi connectivity index (χ2v) is 6.16. The van der Waals surface area contributed by atoms with E-state index >= 15 is 0 Å². The zero-order chi connectivity index (χ0) is 16.8. The van der Waals surface area contributed by atoms with Crippen LogP contribution >= 0.6 is 12.2 Å². The summed E-state index contributed by atoms with van der Waals surface area (Å²) in [7, 11) is 0. The van der Waals surface area contributed by atoms with Crippen molar-refractivity contribution in [2.45, 2.75) is 13.3 Å². The molecule has 1 saturated heterocycles. The lowest BCUT2D eigenvalue weighted by Crippen LogP contribution is -2.36. The zero-order valence-corrected chi connectivity index (χ0v) is 14.7. The first-order valence-corrected chi connectivity index (χ1v) is 8.76. The molecule has 0 bridgehead atoms. The number of para-hydroxylation sites is 2. The molecule has 0 aliphatic carbocycles. The lowest BCUT2D eigenvalue weighted by Gasteiger charge is -2.30. The van der Waals surface area contributed by atoms with E-state index in [4.69, 9.17) is 17.0 Å². The van der Waals surface area contributed by atoms with Gasteiger partial charge in [-0.15, -0.1) is 0 Å². The number of thiocarbonyl (C=S) groups is 1. The maximum Gasteiger partial charge on any atom is 0.175 e. The van der Waals surface area contributed by atoms with Crippen LogP contribution in [0.15, 0.2) is 48.5 Å². The third-order valence-electron chi connectivity index (χ3n) is 4.10. The standard InChI is InChI=1S/C19H23N3OS/c1-2-15-6-5-7-16(14-15)20-19(24)21-17-8-3-4-9-18(17)22-10-12-23-13-11-22/h3-9,14H,2,10-13H2,1H3,(H2,20,21,24). The van der Waals surface area contributed by atoms with Crippen LogP contribution in [-0.4, -0.2) is 31.4 Å². The molecule has 2 aromatic rings. The minimum atomic E-state index is 0.601. The van der Waals surface area contributed by atoms with Crippen LogP contribution in [0, 0.1) is 0 Å². The number of nitrogens with one attached hydrogen (secondary N) is 2. The Morgan fingerprint density at radius 2 is 1.88 bits per heavy atom. The molecule has 24 heavy (non-hydrogen) atoms. The highest BCUT2D eigenvalue weighted by molar-refractivity contribution is 7.80. The van der Waals surface area contributed by atoms with E-state index in [1.807, 2.05) is 18.2 Å². The highest BCUT2D eigenvalue weighted by atomic mass is 32.1. The molecule has 2 aromatic carbocycles. The highest BCUT2D eigenvalue weighted by Gasteiger charge is 2.14. The third kappa shape index (κ3) is 4.24. The van der Waals surface area contributed by atoms with E-state index < -0.39 is 0 Å². The van der Waals surface area contributed by atoms with Crippen molar-refractivity contribution in [1.82, 2.24) is 0 Å². The van der Waals surface area contributed by atoms with E-state index in [2.05, 4.69) is 52.8 Å². The molecule has 1 aliphatic rings. The van der Waals surface area contributed by atoms with Gasteiger partial charge in [0, 0.05) is 18.8 Å². The lowest BCUT2D eigenvalue weighted by atomic mass is 10.1. The van der Waals surface area contributed by atoms with Crippen LogP contribution in [0.3, 0.4) is 0 Å². The molecule has 0 amide bonds. The summed E-state index contributed by atoms with van der Waals surface area (Å²) < 4.78 is 5.44. The van der Waals surface area contributed by atoms with Gasteiger partial charge >= 0.3 is 0 Å². The number of ether oxygens (including phenoxy) is 1. The van der Waals surface area contributed by atoms with Crippen LogP contribution < -0.4 is 15.5 Å². The summed E-state index contributed by atoms with van der Waals surface area (Å²) in [6.07, 6.45) is 1.01. The lowest BCUT2D eigenvalue weighted by molar-refractivity contribution is 0.123. The topological polar surface area (TPSA) is 36.5 Å². The van der Waals surface area contributed by atoms with Gasteiger partial charge in [-0.05, 0) is 48.5 Å². The molecule has 0 radical (unpaired) electrons. The van der Waals surface area contributed by atoms with Crippen LogP contribution in [0.25, 0.3) is 0 Å². The normalized spacial score (nSPS) is 14.3. The monoisotopic (exact) mass is 341 g/mol. The van der Waals surface area contributed by atoms with Crippen molar-refractivity contribution in [3.63, 3.8) is 0 Å². The Hall–Kier alpha value is -2.11. The van der Waals surface area contributed by atoms with Crippen LogP contribution in [0.5, 0.6) is 0 Å². The van der Waals surface area contributed by atoms with E-state index in [9.17, 15) is 0 Å². The quantitative estimate of drug-likeness (QED) is 0.825. The van der Waals surface area contributed by atoms with Gasteiger partial charge in [-0.2, -0.15) is 0 Å². The maximum absolute atomic E-state index is 5.49. The number of hydrogen-bond acceptors (Lipinski definition) is 3. The Balaban J connectivity index is 1.70. The van der Waals surface area contributed by atoms with Crippen LogP contribution in [0.4, 0.5) is 17.1 Å². The molecule has 3 rings (SSSR count). The van der Waals surface area contributed by atoms with E-state index in [-0.39, 0.29) is 0 Å². The number of aryl methyl sites for hydroxylation is 1. The Labute approximate surface area is 148 Å². The van der Waals surface area contributed by atoms with Crippen LogP contribution in [0.2, 0.25) is 0 Å². The van der Waals surface area contributed by atoms with Gasteiger partial charge in [0.2, 0.25) is 0 Å². The maximum atomic E-state index is 5.49. The van der Waals surface area contributed by atoms with Gasteiger partial charge in [0.25, 0.3) is 0 Å². The second-order valence-electron chi connectivity index (χ2n) is 5.75. The summed E-state index contributed by atoms with van der Waals surface area (Å²) in [5.74, 6) is 0. The molecule has 0 atom stereocenters. The Bertz CT molecular complexity index is 699. The van der Waals surface area contributed by atoms with Crippen molar-refractivity contribution in [3.05, 3.63) is 54.1 Å². The molecule has 0 unspecified atom stereocenters. The van der Waals surface area contributed by atoms with Crippen molar-refractivity contribution in [1.29, 1.82) is 0 Å². The predicted molar refractivity (Wildman–Crippen MR) is 105 cm³/mol. The largest absolute Gasteiger partial charge is 0.378 e. The first-order chi connectivity index (χ1) is 11.8. The Morgan fingerprint density at radius 1 is 1.08 bits per heavy atom. The molecular formula is C19H23N3OS. The van der Waals surface area contributed by atoms with Crippen LogP contribution in [-0.2, 0) is 11.2 Å². The Kier molecular flexibility index (Phi) is 5.67. The molecule has 1 heterocycles. The van der Waals surface area contributed by atoms with Crippen LogP contribution in [0.1, 0.15) is 12.5 Å². The van der Waals surface area contributed by atoms with Gasteiger partial charge in [-0.25, -0.2) is 0 Å². The number of anilines is 3. The van der Waals surface area contributed by atoms with Gasteiger partial charge < -0.3 is 20.3 Å². The fourth-order valence-corrected chi connectivity index (χ4v) is 3.04. The van der Waals surface area contributed by atoms with Gasteiger partial charge in [0.1, 0.15) is 0 Å². The number of morpholine rings is 1. The Morgan fingerprint density at radius 3 is 2.67 bits per heavy atom. The number of hydrogen-bond donors (Lipinski definition) is 2. The van der Waals surface area contributed by atoms with E-state index in [1.54, 1.807) is 0 Å². The molecule has 126 valence electrons.